The second-order valence-corrected chi connectivity index (χ2v) is 13.3. The Bertz CT molecular complexity index is 1010. The number of hydrogen-bond acceptors (Lipinski definition) is 3. The van der Waals surface area contributed by atoms with Gasteiger partial charge in [-0.3, -0.25) is 0 Å². The van der Waals surface area contributed by atoms with E-state index >= 15 is 0 Å². The van der Waals surface area contributed by atoms with Gasteiger partial charge < -0.3 is 13.6 Å². The molecule has 0 aromatic heterocycles. The monoisotopic (exact) mass is 556 g/mol. The van der Waals surface area contributed by atoms with Crippen LogP contribution in [0.1, 0.15) is 113 Å². The Balaban J connectivity index is 1.41. The predicted octanol–water partition coefficient (Wildman–Crippen LogP) is 10.8. The lowest BCUT2D eigenvalue weighted by molar-refractivity contribution is -0.0787. The second kappa shape index (κ2) is 12.9. The summed E-state index contributed by atoms with van der Waals surface area (Å²) in [5.41, 5.74) is 2.69. The van der Waals surface area contributed by atoms with Crippen LogP contribution in [0.2, 0.25) is 0 Å². The fourth-order valence-corrected chi connectivity index (χ4v) is 9.21. The zero-order valence-corrected chi connectivity index (χ0v) is 24.8. The van der Waals surface area contributed by atoms with Crippen LogP contribution >= 0.6 is 8.60 Å². The molecule has 0 saturated heterocycles. The molecule has 0 bridgehead atoms. The molecule has 6 rings (SSSR count). The van der Waals surface area contributed by atoms with Crippen molar-refractivity contribution in [2.45, 2.75) is 113 Å². The molecule has 0 heterocycles. The lowest BCUT2D eigenvalue weighted by Gasteiger charge is -2.46. The van der Waals surface area contributed by atoms with Gasteiger partial charge in [0.25, 0.3) is 0 Å². The van der Waals surface area contributed by atoms with E-state index in [4.69, 9.17) is 13.6 Å². The molecule has 3 nitrogen and oxygen atoms in total. The van der Waals surface area contributed by atoms with Crippen molar-refractivity contribution in [3.8, 4) is 0 Å². The maximum absolute atomic E-state index is 7.38. The van der Waals surface area contributed by atoms with E-state index < -0.39 is 8.60 Å². The standard InChI is InChI=1S/C36H45O3P/c1-7-19-31(20-8-1)34(25-13-4-14-26-34)37-40(38-35(27-15-5-16-28-35)32-21-9-2-10-22-32)39-36(29-17-6-18-30-36)33-23-11-3-12-24-33/h1-3,7-12,19-24H,4-6,13-18,25-30H2. The summed E-state index contributed by atoms with van der Waals surface area (Å²) in [6.45, 7) is 0. The topological polar surface area (TPSA) is 27.7 Å². The minimum Gasteiger partial charge on any atom is -0.301 e. The highest BCUT2D eigenvalue weighted by Gasteiger charge is 2.47. The van der Waals surface area contributed by atoms with E-state index in [-0.39, 0.29) is 16.8 Å². The Morgan fingerprint density at radius 3 is 0.850 bits per heavy atom. The maximum Gasteiger partial charge on any atom is 0.335 e. The van der Waals surface area contributed by atoms with E-state index in [0.717, 1.165) is 38.5 Å². The lowest BCUT2D eigenvalue weighted by Crippen LogP contribution is -2.37. The van der Waals surface area contributed by atoms with Gasteiger partial charge in [0.15, 0.2) is 0 Å². The van der Waals surface area contributed by atoms with Crippen LogP contribution in [-0.4, -0.2) is 0 Å². The normalized spacial score (nSPS) is 22.1. The van der Waals surface area contributed by atoms with Gasteiger partial charge in [-0.15, -0.1) is 0 Å². The average Bonchev–Trinajstić information content (AvgIpc) is 3.04. The summed E-state index contributed by atoms with van der Waals surface area (Å²) in [6.07, 6.45) is 16.9. The van der Waals surface area contributed by atoms with Crippen molar-refractivity contribution in [1.82, 2.24) is 0 Å². The first-order valence-electron chi connectivity index (χ1n) is 15.8. The third-order valence-electron chi connectivity index (χ3n) is 9.63. The highest BCUT2D eigenvalue weighted by Crippen LogP contribution is 2.62. The molecule has 3 fully saturated rings. The zero-order valence-electron chi connectivity index (χ0n) is 23.9. The first kappa shape index (κ1) is 28.1. The van der Waals surface area contributed by atoms with Crippen molar-refractivity contribution >= 4 is 8.60 Å². The smallest absolute Gasteiger partial charge is 0.301 e. The van der Waals surface area contributed by atoms with Gasteiger partial charge in [0.1, 0.15) is 16.8 Å². The Hall–Kier alpha value is -2.03. The van der Waals surface area contributed by atoms with Crippen LogP contribution in [0, 0.1) is 0 Å². The molecular weight excluding hydrogens is 511 g/mol. The molecule has 212 valence electrons. The van der Waals surface area contributed by atoms with Crippen molar-refractivity contribution in [2.75, 3.05) is 0 Å². The van der Waals surface area contributed by atoms with E-state index in [9.17, 15) is 0 Å². The summed E-state index contributed by atoms with van der Waals surface area (Å²) in [6, 6.07) is 32.7. The van der Waals surface area contributed by atoms with E-state index in [1.54, 1.807) is 0 Å². The summed E-state index contributed by atoms with van der Waals surface area (Å²) in [5.74, 6) is 0. The molecule has 40 heavy (non-hydrogen) atoms. The third kappa shape index (κ3) is 6.09. The molecule has 3 aliphatic rings. The first-order valence-corrected chi connectivity index (χ1v) is 16.9. The van der Waals surface area contributed by atoms with Crippen molar-refractivity contribution in [3.63, 3.8) is 0 Å². The number of benzene rings is 3. The highest BCUT2D eigenvalue weighted by molar-refractivity contribution is 7.41. The molecule has 0 unspecified atom stereocenters. The summed E-state index contributed by atoms with van der Waals surface area (Å²) in [7, 11) is -1.65. The molecule has 3 aromatic carbocycles. The van der Waals surface area contributed by atoms with Gasteiger partial charge >= 0.3 is 8.60 Å². The molecule has 0 aliphatic heterocycles. The number of rotatable bonds is 9. The quantitative estimate of drug-likeness (QED) is 0.245. The molecule has 0 radical (unpaired) electrons. The fraction of sp³-hybridized carbons (Fsp3) is 0.500. The summed E-state index contributed by atoms with van der Waals surface area (Å²) in [4.78, 5) is 0. The van der Waals surface area contributed by atoms with Crippen LogP contribution < -0.4 is 0 Å². The van der Waals surface area contributed by atoms with Crippen LogP contribution in [-0.2, 0) is 30.4 Å². The summed E-state index contributed by atoms with van der Waals surface area (Å²) < 4.78 is 22.2. The van der Waals surface area contributed by atoms with Gasteiger partial charge in [-0.1, -0.05) is 149 Å². The molecule has 0 N–H and O–H groups in total. The molecule has 0 amide bonds. The predicted molar refractivity (Wildman–Crippen MR) is 164 cm³/mol. The number of hydrogen-bond donors (Lipinski definition) is 0. The second-order valence-electron chi connectivity index (χ2n) is 12.3. The third-order valence-corrected chi connectivity index (χ3v) is 11.1. The van der Waals surface area contributed by atoms with E-state index in [2.05, 4.69) is 91.0 Å². The van der Waals surface area contributed by atoms with E-state index in [1.807, 2.05) is 0 Å². The Kier molecular flexibility index (Phi) is 9.04. The van der Waals surface area contributed by atoms with Gasteiger partial charge in [0, 0.05) is 0 Å². The Morgan fingerprint density at radius 1 is 0.350 bits per heavy atom. The van der Waals surface area contributed by atoms with E-state index in [0.29, 0.717) is 0 Å². The van der Waals surface area contributed by atoms with Crippen LogP contribution in [0.3, 0.4) is 0 Å². The average molecular weight is 557 g/mol. The molecule has 0 spiro atoms. The minimum atomic E-state index is -1.65. The van der Waals surface area contributed by atoms with Crippen LogP contribution in [0.25, 0.3) is 0 Å². The van der Waals surface area contributed by atoms with Gasteiger partial charge in [-0.25, -0.2) is 0 Å². The highest BCUT2D eigenvalue weighted by atomic mass is 31.2. The SMILES string of the molecule is c1ccc(C2(OP(OC3(c4ccccc4)CCCCC3)OC3(c4ccccc4)CCCCC3)CCCCC2)cc1. The lowest BCUT2D eigenvalue weighted by atomic mass is 9.80. The van der Waals surface area contributed by atoms with Crippen LogP contribution in [0.15, 0.2) is 91.0 Å². The molecule has 3 saturated carbocycles. The molecule has 0 atom stereocenters. The zero-order chi connectivity index (χ0) is 27.1. The van der Waals surface area contributed by atoms with Gasteiger partial charge in [-0.2, -0.15) is 0 Å². The van der Waals surface area contributed by atoms with Gasteiger partial charge in [0.2, 0.25) is 0 Å². The largest absolute Gasteiger partial charge is 0.335 e. The maximum atomic E-state index is 7.38. The van der Waals surface area contributed by atoms with E-state index in [1.165, 1.54) is 74.5 Å². The molecular formula is C36H45O3P. The van der Waals surface area contributed by atoms with Crippen molar-refractivity contribution in [2.24, 2.45) is 0 Å². The summed E-state index contributed by atoms with van der Waals surface area (Å²) >= 11 is 0. The van der Waals surface area contributed by atoms with Gasteiger partial charge in [0.05, 0.1) is 0 Å². The van der Waals surface area contributed by atoms with Crippen LogP contribution in [0.4, 0.5) is 0 Å². The fourth-order valence-electron chi connectivity index (χ4n) is 7.38. The van der Waals surface area contributed by atoms with Crippen molar-refractivity contribution in [3.05, 3.63) is 108 Å². The van der Waals surface area contributed by atoms with Crippen LogP contribution in [0.5, 0.6) is 0 Å². The first-order chi connectivity index (χ1) is 19.7. The van der Waals surface area contributed by atoms with Crippen molar-refractivity contribution in [1.29, 1.82) is 0 Å². The minimum absolute atomic E-state index is 0.371. The van der Waals surface area contributed by atoms with Gasteiger partial charge in [-0.05, 0) is 55.2 Å². The summed E-state index contributed by atoms with van der Waals surface area (Å²) in [5, 5.41) is 0. The molecule has 4 heteroatoms. The Labute approximate surface area is 242 Å². The van der Waals surface area contributed by atoms with Crippen molar-refractivity contribution < 1.29 is 13.6 Å². The molecule has 3 aromatic rings. The Morgan fingerprint density at radius 2 is 0.600 bits per heavy atom. The molecule has 3 aliphatic carbocycles.